The lowest BCUT2D eigenvalue weighted by Gasteiger charge is -2.19. The largest absolute Gasteiger partial charge is 0.470 e. The summed E-state index contributed by atoms with van der Waals surface area (Å²) in [6.07, 6.45) is 5.02. The van der Waals surface area contributed by atoms with Crippen LogP contribution < -0.4 is 9.64 Å². The molecule has 1 fully saturated rings. The number of rotatable bonds is 6. The topological polar surface area (TPSA) is 87.2 Å². The number of hydrogen-bond donors (Lipinski definition) is 1. The van der Waals surface area contributed by atoms with Gasteiger partial charge < -0.3 is 19.5 Å². The Kier molecular flexibility index (Phi) is 5.10. The first-order valence-corrected chi connectivity index (χ1v) is 9.46. The monoisotopic (exact) mass is 380 g/mol. The minimum Gasteiger partial charge on any atom is -0.470 e. The molecule has 0 spiro atoms. The molecule has 1 N–H and O–H groups in total. The van der Waals surface area contributed by atoms with Gasteiger partial charge >= 0.3 is 0 Å². The fraction of sp³-hybridized carbons (Fsp3) is 0.400. The van der Waals surface area contributed by atoms with Crippen molar-refractivity contribution in [1.82, 2.24) is 24.8 Å². The summed E-state index contributed by atoms with van der Waals surface area (Å²) >= 11 is 0. The molecule has 8 heteroatoms. The average Bonchev–Trinajstić information content (AvgIpc) is 3.33. The predicted molar refractivity (Wildman–Crippen MR) is 106 cm³/mol. The van der Waals surface area contributed by atoms with E-state index in [9.17, 15) is 4.79 Å². The number of carbonyl (C=O) groups is 1. The highest BCUT2D eigenvalue weighted by Gasteiger charge is 2.28. The number of imidazole rings is 1. The Hall–Kier alpha value is -3.16. The SMILES string of the molecule is CN(C)c1nccnc1OC1CCN(C(=O)CCc2nc3ccccc3[nH]2)C1. The number of anilines is 1. The van der Waals surface area contributed by atoms with E-state index < -0.39 is 0 Å². The van der Waals surface area contributed by atoms with Crippen LogP contribution >= 0.6 is 0 Å². The number of carbonyl (C=O) groups excluding carboxylic acids is 1. The number of nitrogens with zero attached hydrogens (tertiary/aromatic N) is 5. The fourth-order valence-corrected chi connectivity index (χ4v) is 3.42. The van der Waals surface area contributed by atoms with Gasteiger partial charge in [-0.05, 0) is 12.1 Å². The normalized spacial score (nSPS) is 16.5. The first-order chi connectivity index (χ1) is 13.6. The molecular weight excluding hydrogens is 356 g/mol. The van der Waals surface area contributed by atoms with Gasteiger partial charge in [-0.25, -0.2) is 15.0 Å². The number of ether oxygens (including phenoxy) is 1. The molecule has 1 atom stereocenters. The van der Waals surface area contributed by atoms with E-state index in [1.807, 2.05) is 48.2 Å². The van der Waals surface area contributed by atoms with Crippen molar-refractivity contribution < 1.29 is 9.53 Å². The highest BCUT2D eigenvalue weighted by molar-refractivity contribution is 5.77. The second-order valence-corrected chi connectivity index (χ2v) is 7.15. The Morgan fingerprint density at radius 1 is 1.29 bits per heavy atom. The summed E-state index contributed by atoms with van der Waals surface area (Å²) in [5, 5.41) is 0. The van der Waals surface area contributed by atoms with Crippen molar-refractivity contribution in [1.29, 1.82) is 0 Å². The smallest absolute Gasteiger partial charge is 0.257 e. The van der Waals surface area contributed by atoms with Gasteiger partial charge in [0.1, 0.15) is 11.9 Å². The number of likely N-dealkylation sites (tertiary alicyclic amines) is 1. The van der Waals surface area contributed by atoms with Crippen molar-refractivity contribution in [2.45, 2.75) is 25.4 Å². The summed E-state index contributed by atoms with van der Waals surface area (Å²) in [4.78, 5) is 32.7. The van der Waals surface area contributed by atoms with Crippen molar-refractivity contribution in [2.24, 2.45) is 0 Å². The van der Waals surface area contributed by atoms with E-state index in [4.69, 9.17) is 4.74 Å². The molecule has 1 aromatic carbocycles. The third kappa shape index (κ3) is 3.90. The highest BCUT2D eigenvalue weighted by atomic mass is 16.5. The highest BCUT2D eigenvalue weighted by Crippen LogP contribution is 2.24. The minimum absolute atomic E-state index is 0.0643. The van der Waals surface area contributed by atoms with Crippen LogP contribution in [0.4, 0.5) is 5.82 Å². The summed E-state index contributed by atoms with van der Waals surface area (Å²) in [7, 11) is 3.80. The minimum atomic E-state index is -0.0643. The molecule has 146 valence electrons. The summed E-state index contributed by atoms with van der Waals surface area (Å²) in [6, 6.07) is 7.89. The second-order valence-electron chi connectivity index (χ2n) is 7.15. The molecule has 1 saturated heterocycles. The van der Waals surface area contributed by atoms with E-state index in [1.165, 1.54) is 0 Å². The molecule has 1 amide bonds. The number of benzene rings is 1. The fourth-order valence-electron chi connectivity index (χ4n) is 3.42. The lowest BCUT2D eigenvalue weighted by molar-refractivity contribution is -0.130. The molecule has 1 unspecified atom stereocenters. The van der Waals surface area contributed by atoms with E-state index in [2.05, 4.69) is 19.9 Å². The van der Waals surface area contributed by atoms with Crippen molar-refractivity contribution >= 4 is 22.8 Å². The Labute approximate surface area is 163 Å². The van der Waals surface area contributed by atoms with Crippen molar-refractivity contribution in [2.75, 3.05) is 32.1 Å². The second kappa shape index (κ2) is 7.84. The molecule has 0 radical (unpaired) electrons. The quantitative estimate of drug-likeness (QED) is 0.704. The van der Waals surface area contributed by atoms with Gasteiger partial charge in [0.15, 0.2) is 5.82 Å². The Morgan fingerprint density at radius 3 is 2.93 bits per heavy atom. The first-order valence-electron chi connectivity index (χ1n) is 9.46. The molecule has 1 aliphatic heterocycles. The van der Waals surface area contributed by atoms with E-state index in [-0.39, 0.29) is 12.0 Å². The van der Waals surface area contributed by atoms with Crippen LogP contribution in [0.3, 0.4) is 0 Å². The lowest BCUT2D eigenvalue weighted by Crippen LogP contribution is -2.31. The molecule has 8 nitrogen and oxygen atoms in total. The van der Waals surface area contributed by atoms with Crippen molar-refractivity contribution in [3.8, 4) is 5.88 Å². The van der Waals surface area contributed by atoms with E-state index in [0.29, 0.717) is 37.6 Å². The zero-order valence-corrected chi connectivity index (χ0v) is 16.1. The number of amides is 1. The van der Waals surface area contributed by atoms with Crippen LogP contribution in [-0.2, 0) is 11.2 Å². The number of fused-ring (bicyclic) bond motifs is 1. The first kappa shape index (κ1) is 18.2. The molecule has 28 heavy (non-hydrogen) atoms. The third-order valence-electron chi connectivity index (χ3n) is 4.86. The van der Waals surface area contributed by atoms with Gasteiger partial charge in [-0.1, -0.05) is 12.1 Å². The average molecular weight is 380 g/mol. The summed E-state index contributed by atoms with van der Waals surface area (Å²) in [5.74, 6) is 2.17. The maximum atomic E-state index is 12.6. The Bertz CT molecular complexity index is 937. The van der Waals surface area contributed by atoms with Crippen LogP contribution in [0.5, 0.6) is 5.88 Å². The molecule has 1 aliphatic rings. The van der Waals surface area contributed by atoms with E-state index in [1.54, 1.807) is 12.4 Å². The van der Waals surface area contributed by atoms with Gasteiger partial charge in [0, 0.05) is 52.3 Å². The van der Waals surface area contributed by atoms with Crippen LogP contribution in [0.2, 0.25) is 0 Å². The van der Waals surface area contributed by atoms with Gasteiger partial charge in [-0.2, -0.15) is 0 Å². The number of H-pyrrole nitrogens is 1. The molecule has 0 bridgehead atoms. The zero-order valence-electron chi connectivity index (χ0n) is 16.1. The molecular formula is C20H24N6O2. The zero-order chi connectivity index (χ0) is 19.5. The Morgan fingerprint density at radius 2 is 2.11 bits per heavy atom. The molecule has 2 aromatic heterocycles. The number of nitrogens with one attached hydrogen (secondary N) is 1. The number of aromatic nitrogens is 4. The van der Waals surface area contributed by atoms with Gasteiger partial charge in [0.05, 0.1) is 17.6 Å². The van der Waals surface area contributed by atoms with Gasteiger partial charge in [0.2, 0.25) is 5.91 Å². The number of aromatic amines is 1. The summed E-state index contributed by atoms with van der Waals surface area (Å²) in [6.45, 7) is 1.27. The molecule has 3 heterocycles. The number of aryl methyl sites for hydroxylation is 1. The van der Waals surface area contributed by atoms with Crippen LogP contribution in [0.25, 0.3) is 11.0 Å². The van der Waals surface area contributed by atoms with Crippen LogP contribution in [0.1, 0.15) is 18.7 Å². The number of para-hydroxylation sites is 2. The molecule has 0 saturated carbocycles. The van der Waals surface area contributed by atoms with Crippen LogP contribution in [-0.4, -0.2) is 64.0 Å². The standard InChI is InChI=1S/C20H24N6O2/c1-25(2)19-20(22-11-10-21-19)28-14-9-12-26(13-14)18(27)8-7-17-23-15-5-3-4-6-16(15)24-17/h3-6,10-11,14H,7-9,12-13H2,1-2H3,(H,23,24). The lowest BCUT2D eigenvalue weighted by atomic mass is 10.2. The van der Waals surface area contributed by atoms with Crippen LogP contribution in [0, 0.1) is 0 Å². The Balaban J connectivity index is 1.32. The van der Waals surface area contributed by atoms with Gasteiger partial charge in [-0.15, -0.1) is 0 Å². The maximum Gasteiger partial charge on any atom is 0.257 e. The molecule has 3 aromatic rings. The summed E-state index contributed by atoms with van der Waals surface area (Å²) in [5.41, 5.74) is 1.93. The maximum absolute atomic E-state index is 12.6. The molecule has 0 aliphatic carbocycles. The van der Waals surface area contributed by atoms with E-state index in [0.717, 1.165) is 23.3 Å². The third-order valence-corrected chi connectivity index (χ3v) is 4.86. The van der Waals surface area contributed by atoms with Crippen molar-refractivity contribution in [3.05, 3.63) is 42.5 Å². The summed E-state index contributed by atoms with van der Waals surface area (Å²) < 4.78 is 6.02. The van der Waals surface area contributed by atoms with Gasteiger partial charge in [-0.3, -0.25) is 4.79 Å². The van der Waals surface area contributed by atoms with Crippen LogP contribution in [0.15, 0.2) is 36.7 Å². The van der Waals surface area contributed by atoms with Gasteiger partial charge in [0.25, 0.3) is 5.88 Å². The molecule has 4 rings (SSSR count). The number of hydrogen-bond acceptors (Lipinski definition) is 6. The van der Waals surface area contributed by atoms with E-state index >= 15 is 0 Å². The van der Waals surface area contributed by atoms with Crippen molar-refractivity contribution in [3.63, 3.8) is 0 Å². The predicted octanol–water partition coefficient (Wildman–Crippen LogP) is 2.03.